The Balaban J connectivity index is 1.27. The number of ether oxygens (including phenoxy) is 8. The molecular weight excluding hydrogens is 748 g/mol. The van der Waals surface area contributed by atoms with E-state index < -0.39 is 55.4 Å². The minimum Gasteiger partial charge on any atom is -0.466 e. The van der Waals surface area contributed by atoms with Gasteiger partial charge in [0.05, 0.1) is 59.8 Å². The van der Waals surface area contributed by atoms with Crippen LogP contribution >= 0.6 is 0 Å². The van der Waals surface area contributed by atoms with Crippen LogP contribution in [0.2, 0.25) is 0 Å². The summed E-state index contributed by atoms with van der Waals surface area (Å²) >= 11 is 0. The lowest BCUT2D eigenvalue weighted by Crippen LogP contribution is -2.14. The summed E-state index contributed by atoms with van der Waals surface area (Å²) in [6.45, 7) is 5.53. The Morgan fingerprint density at radius 2 is 0.614 bits per heavy atom. The summed E-state index contributed by atoms with van der Waals surface area (Å²) in [6.07, 6.45) is 2.76. The lowest BCUT2D eigenvalue weighted by atomic mass is 10.1. The van der Waals surface area contributed by atoms with Gasteiger partial charge in [-0.2, -0.15) is 0 Å². The zero-order chi connectivity index (χ0) is 41.6. The summed E-state index contributed by atoms with van der Waals surface area (Å²) in [7, 11) is 0. The molecule has 0 radical (unpaired) electrons. The molecule has 3 rings (SSSR count). The van der Waals surface area contributed by atoms with Crippen molar-refractivity contribution in [3.63, 3.8) is 0 Å². The van der Waals surface area contributed by atoms with Gasteiger partial charge in [-0.15, -0.1) is 0 Å². The number of benzene rings is 3. The van der Waals surface area contributed by atoms with Gasteiger partial charge in [-0.1, -0.05) is 6.58 Å². The molecule has 0 unspecified atom stereocenters. The Bertz CT molecular complexity index is 1880. The number of carbonyl (C=O) groups excluding carboxylic acids is 8. The Labute approximate surface area is 327 Å². The van der Waals surface area contributed by atoms with Crippen molar-refractivity contribution < 1.29 is 76.3 Å². The van der Waals surface area contributed by atoms with Crippen molar-refractivity contribution in [2.45, 2.75) is 46.0 Å². The number of esters is 8. The van der Waals surface area contributed by atoms with Crippen molar-refractivity contribution in [3.8, 4) is 0 Å². The van der Waals surface area contributed by atoms with Gasteiger partial charge in [-0.3, -0.25) is 4.79 Å². The first-order chi connectivity index (χ1) is 27.3. The van der Waals surface area contributed by atoms with Crippen LogP contribution in [0.1, 0.15) is 108 Å². The molecule has 0 aliphatic rings. The summed E-state index contributed by atoms with van der Waals surface area (Å²) in [5, 5.41) is 0. The highest BCUT2D eigenvalue weighted by molar-refractivity contribution is 5.95. The van der Waals surface area contributed by atoms with Crippen LogP contribution in [0.15, 0.2) is 84.9 Å². The smallest absolute Gasteiger partial charge is 0.340 e. The molecule has 3 aromatic carbocycles. The first-order valence-corrected chi connectivity index (χ1v) is 17.6. The molecule has 302 valence electrons. The molecule has 57 heavy (non-hydrogen) atoms. The van der Waals surface area contributed by atoms with Crippen LogP contribution in [-0.2, 0) is 47.5 Å². The van der Waals surface area contributed by atoms with Gasteiger partial charge < -0.3 is 37.9 Å². The molecule has 0 aliphatic heterocycles. The molecule has 0 fully saturated rings. The van der Waals surface area contributed by atoms with Crippen molar-refractivity contribution >= 4 is 47.8 Å². The predicted octanol–water partition coefficient (Wildman–Crippen LogP) is 5.58. The lowest BCUT2D eigenvalue weighted by molar-refractivity contribution is -0.147. The first-order valence-electron chi connectivity index (χ1n) is 17.6. The molecular formula is C41H42O16. The van der Waals surface area contributed by atoms with Gasteiger partial charge in [0.1, 0.15) is 0 Å². The zero-order valence-electron chi connectivity index (χ0n) is 31.4. The second-order valence-electron chi connectivity index (χ2n) is 12.0. The molecule has 16 nitrogen and oxygen atoms in total. The number of rotatable bonds is 22. The van der Waals surface area contributed by atoms with Gasteiger partial charge in [0.25, 0.3) is 0 Å². The van der Waals surface area contributed by atoms with Crippen molar-refractivity contribution in [3.05, 3.63) is 118 Å². The van der Waals surface area contributed by atoms with Gasteiger partial charge in [-0.25, -0.2) is 33.6 Å². The Morgan fingerprint density at radius 3 is 0.895 bits per heavy atom. The van der Waals surface area contributed by atoms with E-state index in [1.165, 1.54) is 86.6 Å². The minimum atomic E-state index is -0.806. The standard InChI is InChI=1S/C41H42O16/c1-27(2)35(43)54-25-55-39(47)32-15-11-30(12-16-32)37(45)52-23-7-8-24-53-38(46)31-13-19-34(20-14-31)41(49)57-26-56-40(48)33-17-9-29(10-18-33)36(44)51-22-6-4-5-21-50-28(3)42/h9-20H,1,4-8,21-26H2,2-3H3. The van der Waals surface area contributed by atoms with Crippen LogP contribution in [0.25, 0.3) is 0 Å². The number of unbranched alkanes of at least 4 members (excludes halogenated alkanes) is 3. The average molecular weight is 791 g/mol. The molecule has 0 aromatic heterocycles. The predicted molar refractivity (Wildman–Crippen MR) is 197 cm³/mol. The largest absolute Gasteiger partial charge is 0.466 e. The average Bonchev–Trinajstić information content (AvgIpc) is 3.21. The molecule has 0 N–H and O–H groups in total. The first kappa shape index (κ1) is 44.6. The highest BCUT2D eigenvalue weighted by Crippen LogP contribution is 2.12. The van der Waals surface area contributed by atoms with Crippen LogP contribution in [0.5, 0.6) is 0 Å². The van der Waals surface area contributed by atoms with Crippen molar-refractivity contribution in [1.29, 1.82) is 0 Å². The van der Waals surface area contributed by atoms with E-state index in [-0.39, 0.29) is 64.7 Å². The zero-order valence-corrected chi connectivity index (χ0v) is 31.4. The van der Waals surface area contributed by atoms with Crippen LogP contribution in [0.3, 0.4) is 0 Å². The van der Waals surface area contributed by atoms with Gasteiger partial charge in [0.15, 0.2) is 0 Å². The Hall–Kier alpha value is -6.84. The van der Waals surface area contributed by atoms with Crippen LogP contribution in [-0.4, -0.2) is 87.8 Å². The van der Waals surface area contributed by atoms with Gasteiger partial charge in [0.2, 0.25) is 13.6 Å². The monoisotopic (exact) mass is 790 g/mol. The quantitative estimate of drug-likeness (QED) is 0.0400. The van der Waals surface area contributed by atoms with Gasteiger partial charge in [0, 0.05) is 12.5 Å². The molecule has 0 aliphatic carbocycles. The molecule has 16 heteroatoms. The fraction of sp³-hybridized carbons (Fsp3) is 0.317. The molecule has 0 spiro atoms. The molecule has 3 aromatic rings. The summed E-state index contributed by atoms with van der Waals surface area (Å²) in [5.74, 6) is -5.21. The highest BCUT2D eigenvalue weighted by atomic mass is 16.7. The van der Waals surface area contributed by atoms with E-state index in [0.717, 1.165) is 0 Å². The third-order valence-electron chi connectivity index (χ3n) is 7.51. The van der Waals surface area contributed by atoms with Crippen LogP contribution in [0, 0.1) is 0 Å². The van der Waals surface area contributed by atoms with Crippen LogP contribution < -0.4 is 0 Å². The SMILES string of the molecule is C=C(C)C(=O)OCOC(=O)c1ccc(C(=O)OCCCCOC(=O)c2ccc(C(=O)OCOC(=O)c3ccc(C(=O)OCCCCCOC(C)=O)cc3)cc2)cc1. The number of hydrogen-bond donors (Lipinski definition) is 0. The topological polar surface area (TPSA) is 210 Å². The van der Waals surface area contributed by atoms with Crippen molar-refractivity contribution in [2.24, 2.45) is 0 Å². The molecule has 0 atom stereocenters. The van der Waals surface area contributed by atoms with Gasteiger partial charge in [-0.05, 0) is 112 Å². The van der Waals surface area contributed by atoms with E-state index in [2.05, 4.69) is 6.58 Å². The van der Waals surface area contributed by atoms with E-state index in [1.807, 2.05) is 0 Å². The highest BCUT2D eigenvalue weighted by Gasteiger charge is 2.16. The molecule has 0 saturated carbocycles. The summed E-state index contributed by atoms with van der Waals surface area (Å²) < 4.78 is 40.0. The lowest BCUT2D eigenvalue weighted by Gasteiger charge is -2.09. The van der Waals surface area contributed by atoms with E-state index >= 15 is 0 Å². The molecule has 0 amide bonds. The fourth-order valence-electron chi connectivity index (χ4n) is 4.42. The molecule has 0 saturated heterocycles. The van der Waals surface area contributed by atoms with E-state index in [1.54, 1.807) is 0 Å². The minimum absolute atomic E-state index is 0.0398. The fourth-order valence-corrected chi connectivity index (χ4v) is 4.42. The van der Waals surface area contributed by atoms with E-state index in [9.17, 15) is 38.4 Å². The maximum Gasteiger partial charge on any atom is 0.340 e. The van der Waals surface area contributed by atoms with Crippen molar-refractivity contribution in [1.82, 2.24) is 0 Å². The normalized spacial score (nSPS) is 10.3. The summed E-state index contributed by atoms with van der Waals surface area (Å²) in [5.41, 5.74) is 1.10. The second-order valence-corrected chi connectivity index (χ2v) is 12.0. The molecule has 0 heterocycles. The third kappa shape index (κ3) is 16.2. The van der Waals surface area contributed by atoms with Gasteiger partial charge >= 0.3 is 47.8 Å². The van der Waals surface area contributed by atoms with Crippen LogP contribution in [0.4, 0.5) is 0 Å². The number of hydrogen-bond acceptors (Lipinski definition) is 16. The Morgan fingerprint density at radius 1 is 0.368 bits per heavy atom. The van der Waals surface area contributed by atoms with E-state index in [0.29, 0.717) is 38.7 Å². The number of carbonyl (C=O) groups is 8. The third-order valence-corrected chi connectivity index (χ3v) is 7.51. The summed E-state index contributed by atoms with van der Waals surface area (Å²) in [4.78, 5) is 95.8. The Kier molecular flexibility index (Phi) is 18.6. The molecule has 0 bridgehead atoms. The maximum absolute atomic E-state index is 12.4. The summed E-state index contributed by atoms with van der Waals surface area (Å²) in [6, 6.07) is 16.5. The van der Waals surface area contributed by atoms with E-state index in [4.69, 9.17) is 37.9 Å². The second kappa shape index (κ2) is 23.8. The maximum atomic E-state index is 12.4. The van der Waals surface area contributed by atoms with Crippen molar-refractivity contribution in [2.75, 3.05) is 40.0 Å².